The van der Waals surface area contributed by atoms with Crippen LogP contribution in [0.15, 0.2) is 48.7 Å². The summed E-state index contributed by atoms with van der Waals surface area (Å²) in [7, 11) is 0. The van der Waals surface area contributed by atoms with Gasteiger partial charge in [-0.1, -0.05) is 35.9 Å². The van der Waals surface area contributed by atoms with Crippen LogP contribution in [0.4, 0.5) is 4.39 Å². The quantitative estimate of drug-likeness (QED) is 0.563. The fourth-order valence-electron chi connectivity index (χ4n) is 2.30. The maximum Gasteiger partial charge on any atom is 0.345 e. The van der Waals surface area contributed by atoms with E-state index in [2.05, 4.69) is 9.97 Å². The predicted molar refractivity (Wildman–Crippen MR) is 99.6 cm³/mol. The van der Waals surface area contributed by atoms with Gasteiger partial charge in [-0.3, -0.25) is 0 Å². The molecule has 5 nitrogen and oxygen atoms in total. The van der Waals surface area contributed by atoms with Gasteiger partial charge in [0, 0.05) is 11.8 Å². The fraction of sp³-hybridized carbons (Fsp3) is 0.150. The number of aryl methyl sites for hydroxylation is 1. The fourth-order valence-corrected chi connectivity index (χ4v) is 2.47. The third-order valence-corrected chi connectivity index (χ3v) is 4.03. The highest BCUT2D eigenvalue weighted by Gasteiger charge is 2.19. The highest BCUT2D eigenvalue weighted by atomic mass is 35.5. The number of hydrogen-bond acceptors (Lipinski definition) is 5. The average molecular weight is 387 g/mol. The summed E-state index contributed by atoms with van der Waals surface area (Å²) in [6, 6.07) is 11.4. The van der Waals surface area contributed by atoms with E-state index in [4.69, 9.17) is 21.1 Å². The topological polar surface area (TPSA) is 61.3 Å². The lowest BCUT2D eigenvalue weighted by molar-refractivity contribution is 0.0522. The number of carbonyl (C=O) groups is 1. The van der Waals surface area contributed by atoms with Crippen molar-refractivity contribution in [3.63, 3.8) is 0 Å². The number of halogens is 2. The van der Waals surface area contributed by atoms with Gasteiger partial charge in [-0.25, -0.2) is 14.2 Å². The molecule has 0 saturated carbocycles. The van der Waals surface area contributed by atoms with Gasteiger partial charge in [-0.15, -0.1) is 0 Å². The molecule has 3 aromatic rings. The minimum Gasteiger partial charge on any atom is -0.462 e. The third-order valence-electron chi connectivity index (χ3n) is 3.72. The molecule has 138 valence electrons. The second-order valence-corrected chi connectivity index (χ2v) is 6.04. The molecule has 2 aromatic carbocycles. The number of nitrogens with zero attached hydrogens (tertiary/aromatic N) is 2. The molecule has 0 N–H and O–H groups in total. The van der Waals surface area contributed by atoms with Crippen molar-refractivity contribution in [1.29, 1.82) is 0 Å². The SMILES string of the molecule is CCOC(=O)c1cnc(-c2ccc(C)c(F)c2)nc1Oc1ccccc1Cl. The number of benzene rings is 2. The molecule has 0 aliphatic carbocycles. The molecule has 0 saturated heterocycles. The maximum atomic E-state index is 13.9. The number of rotatable bonds is 5. The summed E-state index contributed by atoms with van der Waals surface area (Å²) in [4.78, 5) is 20.7. The van der Waals surface area contributed by atoms with Crippen molar-refractivity contribution in [3.05, 3.63) is 70.6 Å². The Bertz CT molecular complexity index is 995. The van der Waals surface area contributed by atoms with E-state index in [-0.39, 0.29) is 29.7 Å². The van der Waals surface area contributed by atoms with E-state index >= 15 is 0 Å². The van der Waals surface area contributed by atoms with Gasteiger partial charge in [-0.2, -0.15) is 4.98 Å². The molecule has 0 amide bonds. The standard InChI is InChI=1S/C20H16ClFN2O3/c1-3-26-20(25)14-11-23-18(13-9-8-12(2)16(22)10-13)24-19(14)27-17-7-5-4-6-15(17)21/h4-11H,3H2,1-2H3. The first-order valence-electron chi connectivity index (χ1n) is 8.22. The van der Waals surface area contributed by atoms with Gasteiger partial charge >= 0.3 is 5.97 Å². The molecule has 1 heterocycles. The summed E-state index contributed by atoms with van der Waals surface area (Å²) >= 11 is 6.13. The Balaban J connectivity index is 2.07. The van der Waals surface area contributed by atoms with Crippen molar-refractivity contribution in [2.24, 2.45) is 0 Å². The normalized spacial score (nSPS) is 10.5. The summed E-state index contributed by atoms with van der Waals surface area (Å²) in [6.07, 6.45) is 1.30. The Kier molecular flexibility index (Phi) is 5.66. The van der Waals surface area contributed by atoms with Gasteiger partial charge in [0.2, 0.25) is 5.88 Å². The monoisotopic (exact) mass is 386 g/mol. The Hall–Kier alpha value is -2.99. The smallest absolute Gasteiger partial charge is 0.345 e. The summed E-state index contributed by atoms with van der Waals surface area (Å²) < 4.78 is 24.7. The minimum atomic E-state index is -0.624. The van der Waals surface area contributed by atoms with Crippen molar-refractivity contribution in [2.45, 2.75) is 13.8 Å². The second-order valence-electron chi connectivity index (χ2n) is 5.63. The van der Waals surface area contributed by atoms with E-state index in [9.17, 15) is 9.18 Å². The molecule has 0 unspecified atom stereocenters. The van der Waals surface area contributed by atoms with E-state index in [1.54, 1.807) is 50.2 Å². The van der Waals surface area contributed by atoms with Crippen molar-refractivity contribution in [1.82, 2.24) is 9.97 Å². The van der Waals surface area contributed by atoms with E-state index in [0.717, 1.165) is 0 Å². The van der Waals surface area contributed by atoms with Crippen LogP contribution in [-0.4, -0.2) is 22.5 Å². The Morgan fingerprint density at radius 2 is 2.00 bits per heavy atom. The predicted octanol–water partition coefficient (Wildman–Crippen LogP) is 5.21. The van der Waals surface area contributed by atoms with Gasteiger partial charge in [0.05, 0.1) is 11.6 Å². The largest absolute Gasteiger partial charge is 0.462 e. The van der Waals surface area contributed by atoms with Crippen molar-refractivity contribution >= 4 is 17.6 Å². The lowest BCUT2D eigenvalue weighted by atomic mass is 10.1. The number of hydrogen-bond donors (Lipinski definition) is 0. The van der Waals surface area contributed by atoms with Crippen LogP contribution in [0.1, 0.15) is 22.8 Å². The summed E-state index contributed by atoms with van der Waals surface area (Å²) in [6.45, 7) is 3.54. The lowest BCUT2D eigenvalue weighted by Crippen LogP contribution is -2.09. The van der Waals surface area contributed by atoms with Crippen LogP contribution in [0.5, 0.6) is 11.6 Å². The first kappa shape index (κ1) is 18.8. The number of ether oxygens (including phenoxy) is 2. The van der Waals surface area contributed by atoms with Gasteiger partial charge in [0.15, 0.2) is 5.82 Å². The number of carbonyl (C=O) groups excluding carboxylic acids is 1. The molecule has 7 heteroatoms. The minimum absolute atomic E-state index is 0.0208. The molecule has 0 spiro atoms. The van der Waals surface area contributed by atoms with Gasteiger partial charge in [-0.05, 0) is 37.6 Å². The zero-order chi connectivity index (χ0) is 19.4. The van der Waals surface area contributed by atoms with Crippen LogP contribution >= 0.6 is 11.6 Å². The summed E-state index contributed by atoms with van der Waals surface area (Å²) in [5.74, 6) is -0.485. The molecular formula is C20H16ClFN2O3. The first-order chi connectivity index (χ1) is 13.0. The van der Waals surface area contributed by atoms with Gasteiger partial charge < -0.3 is 9.47 Å². The second kappa shape index (κ2) is 8.14. The zero-order valence-corrected chi connectivity index (χ0v) is 15.5. The molecule has 0 atom stereocenters. The average Bonchev–Trinajstić information content (AvgIpc) is 2.66. The van der Waals surface area contributed by atoms with Crippen LogP contribution < -0.4 is 4.74 Å². The Morgan fingerprint density at radius 1 is 1.22 bits per heavy atom. The van der Waals surface area contributed by atoms with Crippen molar-refractivity contribution in [3.8, 4) is 23.0 Å². The zero-order valence-electron chi connectivity index (χ0n) is 14.7. The van der Waals surface area contributed by atoms with Crippen molar-refractivity contribution in [2.75, 3.05) is 6.61 Å². The van der Waals surface area contributed by atoms with Gasteiger partial charge in [0.25, 0.3) is 0 Å². The lowest BCUT2D eigenvalue weighted by Gasteiger charge is -2.12. The van der Waals surface area contributed by atoms with E-state index in [1.165, 1.54) is 12.3 Å². The molecule has 0 aliphatic rings. The van der Waals surface area contributed by atoms with Crippen LogP contribution in [0.3, 0.4) is 0 Å². The molecule has 0 aliphatic heterocycles. The van der Waals surface area contributed by atoms with E-state index in [1.807, 2.05) is 0 Å². The van der Waals surface area contributed by atoms with Gasteiger partial charge in [0.1, 0.15) is 17.1 Å². The first-order valence-corrected chi connectivity index (χ1v) is 8.60. The molecule has 0 bridgehead atoms. The Labute approximate surface area is 160 Å². The van der Waals surface area contributed by atoms with Crippen LogP contribution in [0.25, 0.3) is 11.4 Å². The van der Waals surface area contributed by atoms with Crippen LogP contribution in [0.2, 0.25) is 5.02 Å². The van der Waals surface area contributed by atoms with Crippen LogP contribution in [-0.2, 0) is 4.74 Å². The Morgan fingerprint density at radius 3 is 2.70 bits per heavy atom. The highest BCUT2D eigenvalue weighted by Crippen LogP contribution is 2.31. The number of para-hydroxylation sites is 1. The molecule has 0 fully saturated rings. The highest BCUT2D eigenvalue weighted by molar-refractivity contribution is 6.32. The molecule has 0 radical (unpaired) electrons. The maximum absolute atomic E-state index is 13.9. The number of aromatic nitrogens is 2. The summed E-state index contributed by atoms with van der Waals surface area (Å²) in [5.41, 5.74) is 1.01. The van der Waals surface area contributed by atoms with Crippen LogP contribution in [0, 0.1) is 12.7 Å². The molecule has 1 aromatic heterocycles. The summed E-state index contributed by atoms with van der Waals surface area (Å²) in [5, 5.41) is 0.355. The molecular weight excluding hydrogens is 371 g/mol. The molecule has 3 rings (SSSR count). The van der Waals surface area contributed by atoms with Crippen molar-refractivity contribution < 1.29 is 18.7 Å². The van der Waals surface area contributed by atoms with E-state index < -0.39 is 5.97 Å². The number of esters is 1. The van der Waals surface area contributed by atoms with E-state index in [0.29, 0.717) is 21.9 Å². The third kappa shape index (κ3) is 4.23. The molecule has 27 heavy (non-hydrogen) atoms.